The molecule has 0 spiro atoms. The van der Waals surface area contributed by atoms with Crippen molar-refractivity contribution in [3.8, 4) is 0 Å². The van der Waals surface area contributed by atoms with E-state index in [1.807, 2.05) is 0 Å². The Morgan fingerprint density at radius 2 is 2.36 bits per heavy atom. The maximum Gasteiger partial charge on any atom is 0.139 e. The van der Waals surface area contributed by atoms with Crippen molar-refractivity contribution < 1.29 is 4.79 Å². The summed E-state index contributed by atoms with van der Waals surface area (Å²) in [4.78, 5) is 11.3. The van der Waals surface area contributed by atoms with E-state index >= 15 is 0 Å². The predicted octanol–water partition coefficient (Wildman–Crippen LogP) is 1.26. The number of Topliss-reactive ketones (excluding diaryl/α,β-unsaturated/α-hetero) is 1. The lowest BCUT2D eigenvalue weighted by Crippen LogP contribution is -2.17. The molecule has 2 N–H and O–H groups in total. The van der Waals surface area contributed by atoms with Gasteiger partial charge in [0, 0.05) is 18.4 Å². The summed E-state index contributed by atoms with van der Waals surface area (Å²) in [7, 11) is 0. The molecule has 0 heterocycles. The summed E-state index contributed by atoms with van der Waals surface area (Å²) in [5, 5.41) is 0. The van der Waals surface area contributed by atoms with Gasteiger partial charge in [-0.3, -0.25) is 4.79 Å². The fourth-order valence-corrected chi connectivity index (χ4v) is 1.62. The van der Waals surface area contributed by atoms with Crippen LogP contribution in [0.5, 0.6) is 0 Å². The third-order valence-corrected chi connectivity index (χ3v) is 2.27. The van der Waals surface area contributed by atoms with Crippen molar-refractivity contribution in [1.82, 2.24) is 0 Å². The van der Waals surface area contributed by atoms with Gasteiger partial charge in [0.2, 0.25) is 0 Å². The van der Waals surface area contributed by atoms with Crippen molar-refractivity contribution in [2.75, 3.05) is 0 Å². The van der Waals surface area contributed by atoms with Gasteiger partial charge in [0.25, 0.3) is 0 Å². The Kier molecular flexibility index (Phi) is 2.83. The first kappa shape index (κ1) is 8.47. The number of nitrogens with two attached hydrogens (primary N) is 1. The van der Waals surface area contributed by atoms with Crippen LogP contribution in [0.2, 0.25) is 0 Å². The molecule has 62 valence electrons. The minimum absolute atomic E-state index is 0.225. The molecule has 2 heteroatoms. The van der Waals surface area contributed by atoms with E-state index in [1.165, 1.54) is 0 Å². The molecule has 11 heavy (non-hydrogen) atoms. The number of hydrogen-bond donors (Lipinski definition) is 1. The van der Waals surface area contributed by atoms with Crippen LogP contribution >= 0.6 is 0 Å². The van der Waals surface area contributed by atoms with Gasteiger partial charge in [0.05, 0.1) is 0 Å². The van der Waals surface area contributed by atoms with Crippen LogP contribution in [0.4, 0.5) is 0 Å². The summed E-state index contributed by atoms with van der Waals surface area (Å²) in [5.74, 6) is 0.538. The topological polar surface area (TPSA) is 43.1 Å². The first-order chi connectivity index (χ1) is 5.24. The van der Waals surface area contributed by atoms with E-state index in [9.17, 15) is 4.79 Å². The SMILES string of the molecule is C=CCC(=O)C1CCC(N)C1. The van der Waals surface area contributed by atoms with Crippen LogP contribution in [-0.2, 0) is 4.79 Å². The summed E-state index contributed by atoms with van der Waals surface area (Å²) in [5.41, 5.74) is 5.68. The van der Waals surface area contributed by atoms with Crippen molar-refractivity contribution in [2.45, 2.75) is 31.7 Å². The molecular weight excluding hydrogens is 138 g/mol. The van der Waals surface area contributed by atoms with Gasteiger partial charge in [-0.25, -0.2) is 0 Å². The van der Waals surface area contributed by atoms with Gasteiger partial charge >= 0.3 is 0 Å². The third kappa shape index (κ3) is 2.15. The number of ketones is 1. The highest BCUT2D eigenvalue weighted by molar-refractivity contribution is 5.82. The lowest BCUT2D eigenvalue weighted by molar-refractivity contribution is -0.121. The Hall–Kier alpha value is -0.630. The van der Waals surface area contributed by atoms with Crippen molar-refractivity contribution >= 4 is 5.78 Å². The molecule has 1 rings (SSSR count). The summed E-state index contributed by atoms with van der Waals surface area (Å²) in [6.07, 6.45) is 5.05. The van der Waals surface area contributed by atoms with Crippen molar-refractivity contribution in [3.05, 3.63) is 12.7 Å². The molecule has 2 atom stereocenters. The quantitative estimate of drug-likeness (QED) is 0.620. The Morgan fingerprint density at radius 3 is 2.82 bits per heavy atom. The molecule has 0 saturated heterocycles. The molecule has 1 aliphatic carbocycles. The molecule has 2 unspecified atom stereocenters. The second kappa shape index (κ2) is 3.67. The van der Waals surface area contributed by atoms with Crippen LogP contribution in [0, 0.1) is 5.92 Å². The highest BCUT2D eigenvalue weighted by Crippen LogP contribution is 2.25. The Morgan fingerprint density at radius 1 is 1.64 bits per heavy atom. The molecule has 0 amide bonds. The second-order valence-corrected chi connectivity index (χ2v) is 3.23. The van der Waals surface area contributed by atoms with Gasteiger partial charge in [0.1, 0.15) is 5.78 Å². The van der Waals surface area contributed by atoms with Gasteiger partial charge in [0.15, 0.2) is 0 Å². The summed E-state index contributed by atoms with van der Waals surface area (Å²) >= 11 is 0. The van der Waals surface area contributed by atoms with Crippen LogP contribution < -0.4 is 5.73 Å². The van der Waals surface area contributed by atoms with Crippen LogP contribution in [-0.4, -0.2) is 11.8 Å². The number of rotatable bonds is 3. The van der Waals surface area contributed by atoms with E-state index in [0.29, 0.717) is 12.2 Å². The van der Waals surface area contributed by atoms with Crippen molar-refractivity contribution in [3.63, 3.8) is 0 Å². The molecule has 1 saturated carbocycles. The van der Waals surface area contributed by atoms with Crippen molar-refractivity contribution in [2.24, 2.45) is 11.7 Å². The zero-order valence-electron chi connectivity index (χ0n) is 6.75. The smallest absolute Gasteiger partial charge is 0.139 e. The van der Waals surface area contributed by atoms with Crippen LogP contribution in [0.3, 0.4) is 0 Å². The summed E-state index contributed by atoms with van der Waals surface area (Å²) in [6, 6.07) is 0.258. The number of carbonyl (C=O) groups is 1. The van der Waals surface area contributed by atoms with Crippen LogP contribution in [0.15, 0.2) is 12.7 Å². The highest BCUT2D eigenvalue weighted by Gasteiger charge is 2.26. The lowest BCUT2D eigenvalue weighted by Gasteiger charge is -2.04. The lowest BCUT2D eigenvalue weighted by atomic mass is 10.00. The van der Waals surface area contributed by atoms with E-state index in [1.54, 1.807) is 6.08 Å². The van der Waals surface area contributed by atoms with Crippen LogP contribution in [0.25, 0.3) is 0 Å². The maximum absolute atomic E-state index is 11.3. The minimum Gasteiger partial charge on any atom is -0.328 e. The fourth-order valence-electron chi connectivity index (χ4n) is 1.62. The maximum atomic E-state index is 11.3. The molecule has 0 aliphatic heterocycles. The molecule has 1 fully saturated rings. The largest absolute Gasteiger partial charge is 0.328 e. The van der Waals surface area contributed by atoms with E-state index < -0.39 is 0 Å². The van der Waals surface area contributed by atoms with Gasteiger partial charge in [-0.2, -0.15) is 0 Å². The molecule has 0 aromatic heterocycles. The average Bonchev–Trinajstić information content (AvgIpc) is 2.36. The number of allylic oxidation sites excluding steroid dienone is 1. The van der Waals surface area contributed by atoms with Crippen molar-refractivity contribution in [1.29, 1.82) is 0 Å². The van der Waals surface area contributed by atoms with Gasteiger partial charge in [-0.15, -0.1) is 6.58 Å². The van der Waals surface area contributed by atoms with Gasteiger partial charge < -0.3 is 5.73 Å². The van der Waals surface area contributed by atoms with Gasteiger partial charge in [-0.1, -0.05) is 6.08 Å². The minimum atomic E-state index is 0.225. The van der Waals surface area contributed by atoms with E-state index in [4.69, 9.17) is 5.73 Å². The van der Waals surface area contributed by atoms with E-state index in [0.717, 1.165) is 19.3 Å². The average molecular weight is 153 g/mol. The Bertz CT molecular complexity index is 165. The Labute approximate surface area is 67.5 Å². The standard InChI is InChI=1S/C9H15NO/c1-2-3-9(11)7-4-5-8(10)6-7/h2,7-8H,1,3-6,10H2. The fraction of sp³-hybridized carbons (Fsp3) is 0.667. The van der Waals surface area contributed by atoms with E-state index in [-0.39, 0.29) is 12.0 Å². The Balaban J connectivity index is 2.36. The molecular formula is C9H15NO. The first-order valence-corrected chi connectivity index (χ1v) is 4.13. The molecule has 0 bridgehead atoms. The predicted molar refractivity (Wildman–Crippen MR) is 45.1 cm³/mol. The number of carbonyl (C=O) groups excluding carboxylic acids is 1. The van der Waals surface area contributed by atoms with E-state index in [2.05, 4.69) is 6.58 Å². The van der Waals surface area contributed by atoms with Crippen LogP contribution in [0.1, 0.15) is 25.7 Å². The monoisotopic (exact) mass is 153 g/mol. The molecule has 0 aromatic rings. The zero-order chi connectivity index (χ0) is 8.27. The summed E-state index contributed by atoms with van der Waals surface area (Å²) in [6.45, 7) is 3.54. The highest BCUT2D eigenvalue weighted by atomic mass is 16.1. The molecule has 0 radical (unpaired) electrons. The third-order valence-electron chi connectivity index (χ3n) is 2.27. The van der Waals surface area contributed by atoms with Gasteiger partial charge in [-0.05, 0) is 19.3 Å². The molecule has 0 aromatic carbocycles. The first-order valence-electron chi connectivity index (χ1n) is 4.13. The molecule has 2 nitrogen and oxygen atoms in total. The summed E-state index contributed by atoms with van der Waals surface area (Å²) < 4.78 is 0. The molecule has 1 aliphatic rings. The second-order valence-electron chi connectivity index (χ2n) is 3.23. The zero-order valence-corrected chi connectivity index (χ0v) is 6.75. The normalized spacial score (nSPS) is 30.3. The number of hydrogen-bond acceptors (Lipinski definition) is 2.